The van der Waals surface area contributed by atoms with Gasteiger partial charge in [-0.3, -0.25) is 0 Å². The summed E-state index contributed by atoms with van der Waals surface area (Å²) in [4.78, 5) is 16.1. The molecule has 0 saturated carbocycles. The fourth-order valence-electron chi connectivity index (χ4n) is 1.08. The van der Waals surface area contributed by atoms with Crippen LogP contribution in [0.2, 0.25) is 0 Å². The van der Waals surface area contributed by atoms with Gasteiger partial charge in [0, 0.05) is 26.1 Å². The predicted molar refractivity (Wildman–Crippen MR) is 52.4 cm³/mol. The number of aliphatic imine (C=N–C) groups is 1. The number of hydrogen-bond acceptors (Lipinski definition) is 4. The standard InChI is InChI=1S/C8H11ClN2O3/c1-14-3-2-11-5-7(9)10-4-6(11)8(12)13/h4-6H,2-3H2,1H3,(H,12,13). The normalized spacial score (nSPS) is 20.9. The van der Waals surface area contributed by atoms with Crippen LogP contribution in [-0.4, -0.2) is 48.5 Å². The second-order valence-corrected chi connectivity index (χ2v) is 3.13. The Labute approximate surface area is 86.6 Å². The largest absolute Gasteiger partial charge is 0.479 e. The summed E-state index contributed by atoms with van der Waals surface area (Å²) < 4.78 is 4.86. The summed E-state index contributed by atoms with van der Waals surface area (Å²) in [6.07, 6.45) is 2.81. The van der Waals surface area contributed by atoms with Gasteiger partial charge in [0.25, 0.3) is 0 Å². The Morgan fingerprint density at radius 1 is 1.86 bits per heavy atom. The van der Waals surface area contributed by atoms with E-state index in [0.717, 1.165) is 0 Å². The zero-order chi connectivity index (χ0) is 10.6. The van der Waals surface area contributed by atoms with Gasteiger partial charge in [0.2, 0.25) is 0 Å². The van der Waals surface area contributed by atoms with Gasteiger partial charge in [-0.1, -0.05) is 11.6 Å². The molecular weight excluding hydrogens is 208 g/mol. The molecule has 5 nitrogen and oxygen atoms in total. The summed E-state index contributed by atoms with van der Waals surface area (Å²) in [5.74, 6) is -0.953. The first-order valence-corrected chi connectivity index (χ1v) is 4.42. The van der Waals surface area contributed by atoms with E-state index >= 15 is 0 Å². The molecule has 0 aliphatic carbocycles. The molecule has 0 aromatic rings. The van der Waals surface area contributed by atoms with E-state index in [0.29, 0.717) is 13.2 Å². The van der Waals surface area contributed by atoms with Crippen LogP contribution in [0.1, 0.15) is 0 Å². The topological polar surface area (TPSA) is 62.1 Å². The minimum absolute atomic E-state index is 0.276. The zero-order valence-corrected chi connectivity index (χ0v) is 8.44. The molecule has 1 aliphatic rings. The molecule has 0 amide bonds. The van der Waals surface area contributed by atoms with Gasteiger partial charge in [0.1, 0.15) is 5.16 Å². The van der Waals surface area contributed by atoms with Crippen LogP contribution in [0, 0.1) is 0 Å². The van der Waals surface area contributed by atoms with Crippen molar-refractivity contribution in [2.45, 2.75) is 6.04 Å². The summed E-state index contributed by atoms with van der Waals surface area (Å²) in [6.45, 7) is 0.911. The molecule has 0 aromatic carbocycles. The van der Waals surface area contributed by atoms with E-state index in [1.54, 1.807) is 12.0 Å². The van der Waals surface area contributed by atoms with Gasteiger partial charge in [-0.05, 0) is 0 Å². The van der Waals surface area contributed by atoms with E-state index < -0.39 is 12.0 Å². The molecule has 0 saturated heterocycles. The second kappa shape index (κ2) is 4.97. The second-order valence-electron chi connectivity index (χ2n) is 2.74. The Bertz CT molecular complexity index is 278. The fourth-order valence-corrected chi connectivity index (χ4v) is 1.27. The minimum atomic E-state index is -0.953. The highest BCUT2D eigenvalue weighted by molar-refractivity contribution is 6.30. The number of hydrogen-bond donors (Lipinski definition) is 1. The van der Waals surface area contributed by atoms with Crippen LogP contribution in [0.3, 0.4) is 0 Å². The van der Waals surface area contributed by atoms with Crippen molar-refractivity contribution in [1.29, 1.82) is 0 Å². The highest BCUT2D eigenvalue weighted by atomic mass is 35.5. The highest BCUT2D eigenvalue weighted by Gasteiger charge is 2.24. The van der Waals surface area contributed by atoms with Crippen molar-refractivity contribution in [2.75, 3.05) is 20.3 Å². The zero-order valence-electron chi connectivity index (χ0n) is 7.68. The van der Waals surface area contributed by atoms with Crippen LogP contribution < -0.4 is 0 Å². The maximum atomic E-state index is 10.8. The van der Waals surface area contributed by atoms with E-state index in [-0.39, 0.29) is 5.16 Å². The SMILES string of the molecule is COCCN1C=C(Cl)N=CC1C(=O)O. The number of aliphatic carboxylic acids is 1. The first kappa shape index (κ1) is 11.0. The average Bonchev–Trinajstić information content (AvgIpc) is 2.14. The Morgan fingerprint density at radius 3 is 3.14 bits per heavy atom. The molecule has 1 heterocycles. The molecule has 0 fully saturated rings. The molecule has 0 radical (unpaired) electrons. The number of carboxylic acids is 1. The number of nitrogens with zero attached hydrogens (tertiary/aromatic N) is 2. The number of rotatable bonds is 4. The summed E-state index contributed by atoms with van der Waals surface area (Å²) in [5.41, 5.74) is 0. The van der Waals surface area contributed by atoms with Crippen molar-refractivity contribution >= 4 is 23.8 Å². The van der Waals surface area contributed by atoms with Gasteiger partial charge in [0.05, 0.1) is 6.61 Å². The highest BCUT2D eigenvalue weighted by Crippen LogP contribution is 2.13. The van der Waals surface area contributed by atoms with Crippen molar-refractivity contribution in [3.05, 3.63) is 11.4 Å². The van der Waals surface area contributed by atoms with Crippen molar-refractivity contribution < 1.29 is 14.6 Å². The van der Waals surface area contributed by atoms with Gasteiger partial charge < -0.3 is 14.7 Å². The van der Waals surface area contributed by atoms with Crippen molar-refractivity contribution in [2.24, 2.45) is 4.99 Å². The third-order valence-electron chi connectivity index (χ3n) is 1.78. The van der Waals surface area contributed by atoms with Gasteiger partial charge in [-0.25, -0.2) is 9.79 Å². The molecule has 0 bridgehead atoms. The molecule has 14 heavy (non-hydrogen) atoms. The maximum Gasteiger partial charge on any atom is 0.332 e. The molecular formula is C8H11ClN2O3. The van der Waals surface area contributed by atoms with Gasteiger partial charge in [0.15, 0.2) is 6.04 Å². The van der Waals surface area contributed by atoms with Crippen molar-refractivity contribution in [1.82, 2.24) is 4.90 Å². The lowest BCUT2D eigenvalue weighted by atomic mass is 10.2. The molecule has 0 aromatic heterocycles. The number of ether oxygens (including phenoxy) is 1. The van der Waals surface area contributed by atoms with E-state index in [1.165, 1.54) is 12.4 Å². The molecule has 1 N–H and O–H groups in total. The van der Waals surface area contributed by atoms with Crippen LogP contribution in [-0.2, 0) is 9.53 Å². The van der Waals surface area contributed by atoms with Gasteiger partial charge in [-0.15, -0.1) is 0 Å². The summed E-state index contributed by atoms with van der Waals surface area (Å²) in [5, 5.41) is 9.12. The number of methoxy groups -OCH3 is 1. The third kappa shape index (κ3) is 2.71. The van der Waals surface area contributed by atoms with Crippen molar-refractivity contribution in [3.8, 4) is 0 Å². The molecule has 1 rings (SSSR count). The van der Waals surface area contributed by atoms with Gasteiger partial charge >= 0.3 is 5.97 Å². The van der Waals surface area contributed by atoms with Crippen LogP contribution in [0.15, 0.2) is 16.3 Å². The number of halogens is 1. The first-order chi connectivity index (χ1) is 6.65. The summed E-state index contributed by atoms with van der Waals surface area (Å²) >= 11 is 5.65. The third-order valence-corrected chi connectivity index (χ3v) is 1.97. The average molecular weight is 219 g/mol. The lowest BCUT2D eigenvalue weighted by Crippen LogP contribution is -2.42. The Morgan fingerprint density at radius 2 is 2.57 bits per heavy atom. The van der Waals surface area contributed by atoms with E-state index in [9.17, 15) is 4.79 Å². The molecule has 78 valence electrons. The van der Waals surface area contributed by atoms with Crippen LogP contribution in [0.5, 0.6) is 0 Å². The Hall–Kier alpha value is -1.07. The minimum Gasteiger partial charge on any atom is -0.479 e. The Balaban J connectivity index is 2.66. The smallest absolute Gasteiger partial charge is 0.332 e. The maximum absolute atomic E-state index is 10.8. The summed E-state index contributed by atoms with van der Waals surface area (Å²) in [6, 6.07) is -0.757. The predicted octanol–water partition coefficient (Wildman–Crippen LogP) is 0.510. The first-order valence-electron chi connectivity index (χ1n) is 4.04. The van der Waals surface area contributed by atoms with E-state index in [4.69, 9.17) is 21.4 Å². The monoisotopic (exact) mass is 218 g/mol. The quantitative estimate of drug-likeness (QED) is 0.699. The van der Waals surface area contributed by atoms with Crippen LogP contribution in [0.25, 0.3) is 0 Å². The number of carbonyl (C=O) groups is 1. The summed E-state index contributed by atoms with van der Waals surface area (Å²) in [7, 11) is 1.55. The van der Waals surface area contributed by atoms with E-state index in [2.05, 4.69) is 4.99 Å². The lowest BCUT2D eigenvalue weighted by Gasteiger charge is -2.26. The molecule has 1 atom stereocenters. The Kier molecular flexibility index (Phi) is 3.91. The molecule has 1 aliphatic heterocycles. The molecule has 0 spiro atoms. The molecule has 1 unspecified atom stereocenters. The van der Waals surface area contributed by atoms with Gasteiger partial charge in [-0.2, -0.15) is 0 Å². The lowest BCUT2D eigenvalue weighted by molar-refractivity contribution is -0.139. The van der Waals surface area contributed by atoms with Crippen LogP contribution >= 0.6 is 11.6 Å². The fraction of sp³-hybridized carbons (Fsp3) is 0.500. The van der Waals surface area contributed by atoms with Crippen LogP contribution in [0.4, 0.5) is 0 Å². The van der Waals surface area contributed by atoms with E-state index in [1.807, 2.05) is 0 Å². The molecule has 6 heteroatoms. The van der Waals surface area contributed by atoms with Crippen molar-refractivity contribution in [3.63, 3.8) is 0 Å². The number of carboxylic acid groups (broad SMARTS) is 1.